The van der Waals surface area contributed by atoms with E-state index in [1.807, 2.05) is 6.92 Å². The summed E-state index contributed by atoms with van der Waals surface area (Å²) in [7, 11) is 1.68. The van der Waals surface area contributed by atoms with Crippen LogP contribution >= 0.6 is 0 Å². The first-order valence-electron chi connectivity index (χ1n) is 6.06. The summed E-state index contributed by atoms with van der Waals surface area (Å²) in [6.07, 6.45) is 1.33. The summed E-state index contributed by atoms with van der Waals surface area (Å²) in [6.45, 7) is 4.26. The molecule has 5 heteroatoms. The van der Waals surface area contributed by atoms with Crippen LogP contribution in [0.2, 0.25) is 0 Å². The number of hydrogen-bond donors (Lipinski definition) is 1. The molecular formula is C12H19N3O2. The summed E-state index contributed by atoms with van der Waals surface area (Å²) in [5, 5.41) is 13.9. The standard InChI is InChI=1S/C12H19N3O2/c1-3-10(16)8-15-5-4-11-9(7-15)6-12(17)14(2)13-11/h6,10,16H,3-5,7-8H2,1-2H3. The SMILES string of the molecule is CCC(O)CN1CCc2nn(C)c(=O)cc2C1. The van der Waals surface area contributed by atoms with E-state index in [0.29, 0.717) is 6.54 Å². The van der Waals surface area contributed by atoms with E-state index in [0.717, 1.165) is 37.2 Å². The maximum absolute atomic E-state index is 11.5. The highest BCUT2D eigenvalue weighted by Crippen LogP contribution is 2.15. The van der Waals surface area contributed by atoms with Crippen LogP contribution in [0.4, 0.5) is 0 Å². The quantitative estimate of drug-likeness (QED) is 0.798. The van der Waals surface area contributed by atoms with E-state index in [2.05, 4.69) is 10.00 Å². The Morgan fingerprint density at radius 2 is 2.35 bits per heavy atom. The first-order valence-corrected chi connectivity index (χ1v) is 6.06. The van der Waals surface area contributed by atoms with Gasteiger partial charge in [0, 0.05) is 39.2 Å². The Labute approximate surface area is 101 Å². The van der Waals surface area contributed by atoms with Crippen LogP contribution in [-0.2, 0) is 20.0 Å². The summed E-state index contributed by atoms with van der Waals surface area (Å²) in [5.74, 6) is 0. The molecule has 0 fully saturated rings. The van der Waals surface area contributed by atoms with Crippen LogP contribution in [0, 0.1) is 0 Å². The number of fused-ring (bicyclic) bond motifs is 1. The normalized spacial score (nSPS) is 17.8. The molecule has 0 radical (unpaired) electrons. The predicted octanol–water partition coefficient (Wildman–Crippen LogP) is -0.0907. The average molecular weight is 237 g/mol. The van der Waals surface area contributed by atoms with Crippen molar-refractivity contribution in [3.8, 4) is 0 Å². The molecule has 0 spiro atoms. The highest BCUT2D eigenvalue weighted by Gasteiger charge is 2.19. The zero-order chi connectivity index (χ0) is 12.4. The van der Waals surface area contributed by atoms with Crippen LogP contribution in [0.5, 0.6) is 0 Å². The smallest absolute Gasteiger partial charge is 0.266 e. The number of aryl methyl sites for hydroxylation is 1. The molecule has 0 aliphatic carbocycles. The molecule has 0 bridgehead atoms. The van der Waals surface area contributed by atoms with Crippen LogP contribution < -0.4 is 5.56 Å². The molecule has 1 aliphatic heterocycles. The summed E-state index contributed by atoms with van der Waals surface area (Å²) in [4.78, 5) is 13.7. The van der Waals surface area contributed by atoms with Gasteiger partial charge in [0.25, 0.3) is 5.56 Å². The first kappa shape index (κ1) is 12.3. The van der Waals surface area contributed by atoms with Crippen molar-refractivity contribution >= 4 is 0 Å². The van der Waals surface area contributed by atoms with Gasteiger partial charge < -0.3 is 5.11 Å². The maximum atomic E-state index is 11.5. The van der Waals surface area contributed by atoms with E-state index in [4.69, 9.17) is 0 Å². The first-order chi connectivity index (χ1) is 8.10. The Kier molecular flexibility index (Phi) is 3.59. The van der Waals surface area contributed by atoms with E-state index < -0.39 is 0 Å². The van der Waals surface area contributed by atoms with Gasteiger partial charge in [0.05, 0.1) is 11.8 Å². The van der Waals surface area contributed by atoms with Crippen molar-refractivity contribution in [2.75, 3.05) is 13.1 Å². The van der Waals surface area contributed by atoms with Gasteiger partial charge in [-0.2, -0.15) is 5.10 Å². The molecule has 1 aromatic heterocycles. The molecule has 1 unspecified atom stereocenters. The van der Waals surface area contributed by atoms with Gasteiger partial charge >= 0.3 is 0 Å². The summed E-state index contributed by atoms with van der Waals surface area (Å²) in [5.41, 5.74) is 1.94. The lowest BCUT2D eigenvalue weighted by Crippen LogP contribution is -2.38. The molecule has 0 aromatic carbocycles. The molecule has 1 aromatic rings. The third-order valence-electron chi connectivity index (χ3n) is 3.26. The maximum Gasteiger partial charge on any atom is 0.266 e. The minimum Gasteiger partial charge on any atom is -0.392 e. The highest BCUT2D eigenvalue weighted by molar-refractivity contribution is 5.20. The fourth-order valence-corrected chi connectivity index (χ4v) is 2.13. The minimum absolute atomic E-state index is 0.0679. The Morgan fingerprint density at radius 1 is 1.59 bits per heavy atom. The number of aromatic nitrogens is 2. The monoisotopic (exact) mass is 237 g/mol. The molecule has 1 N–H and O–H groups in total. The van der Waals surface area contributed by atoms with Crippen LogP contribution in [0.1, 0.15) is 24.6 Å². The predicted molar refractivity (Wildman–Crippen MR) is 64.8 cm³/mol. The van der Waals surface area contributed by atoms with E-state index in [1.165, 1.54) is 4.68 Å². The van der Waals surface area contributed by atoms with Gasteiger partial charge in [0.2, 0.25) is 0 Å². The minimum atomic E-state index is -0.281. The van der Waals surface area contributed by atoms with Gasteiger partial charge in [-0.05, 0) is 12.0 Å². The van der Waals surface area contributed by atoms with Gasteiger partial charge in [-0.25, -0.2) is 4.68 Å². The summed E-state index contributed by atoms with van der Waals surface area (Å²) in [6, 6.07) is 1.66. The molecule has 94 valence electrons. The fraction of sp³-hybridized carbons (Fsp3) is 0.667. The molecule has 1 aliphatic rings. The topological polar surface area (TPSA) is 58.4 Å². The number of nitrogens with zero attached hydrogens (tertiary/aromatic N) is 3. The Bertz CT molecular complexity index is 456. The molecule has 0 amide bonds. The summed E-state index contributed by atoms with van der Waals surface area (Å²) < 4.78 is 1.38. The third kappa shape index (κ3) is 2.73. The van der Waals surface area contributed by atoms with Crippen molar-refractivity contribution < 1.29 is 5.11 Å². The number of aliphatic hydroxyl groups excluding tert-OH is 1. The van der Waals surface area contributed by atoms with Crippen LogP contribution in [0.25, 0.3) is 0 Å². The zero-order valence-electron chi connectivity index (χ0n) is 10.4. The Hall–Kier alpha value is -1.20. The Morgan fingerprint density at radius 3 is 3.06 bits per heavy atom. The van der Waals surface area contributed by atoms with E-state index in [9.17, 15) is 9.90 Å². The van der Waals surface area contributed by atoms with Gasteiger partial charge in [0.15, 0.2) is 0 Å². The van der Waals surface area contributed by atoms with Gasteiger partial charge in [0.1, 0.15) is 0 Å². The van der Waals surface area contributed by atoms with Crippen molar-refractivity contribution in [2.45, 2.75) is 32.4 Å². The van der Waals surface area contributed by atoms with Crippen LogP contribution in [-0.4, -0.2) is 39.0 Å². The van der Waals surface area contributed by atoms with Crippen LogP contribution in [0.15, 0.2) is 10.9 Å². The molecule has 17 heavy (non-hydrogen) atoms. The van der Waals surface area contributed by atoms with Crippen molar-refractivity contribution in [1.29, 1.82) is 0 Å². The third-order valence-corrected chi connectivity index (χ3v) is 3.26. The van der Waals surface area contributed by atoms with Gasteiger partial charge in [-0.3, -0.25) is 9.69 Å². The Balaban J connectivity index is 2.13. The fourth-order valence-electron chi connectivity index (χ4n) is 2.13. The largest absolute Gasteiger partial charge is 0.392 e. The number of β-amino-alcohol motifs (C(OH)–C–C–N with tert-alkyl or cyclic N) is 1. The molecule has 1 atom stereocenters. The lowest BCUT2D eigenvalue weighted by Gasteiger charge is -2.29. The number of hydrogen-bond acceptors (Lipinski definition) is 4. The molecule has 2 rings (SSSR count). The second-order valence-electron chi connectivity index (χ2n) is 4.63. The van der Waals surface area contributed by atoms with Crippen molar-refractivity contribution in [3.63, 3.8) is 0 Å². The van der Waals surface area contributed by atoms with Crippen LogP contribution in [0.3, 0.4) is 0 Å². The number of aliphatic hydroxyl groups is 1. The second-order valence-corrected chi connectivity index (χ2v) is 4.63. The molecule has 2 heterocycles. The molecule has 5 nitrogen and oxygen atoms in total. The number of rotatable bonds is 3. The van der Waals surface area contributed by atoms with Crippen molar-refractivity contribution in [2.24, 2.45) is 7.05 Å². The zero-order valence-corrected chi connectivity index (χ0v) is 10.4. The van der Waals surface area contributed by atoms with E-state index >= 15 is 0 Å². The molecule has 0 saturated carbocycles. The van der Waals surface area contributed by atoms with Crippen molar-refractivity contribution in [1.82, 2.24) is 14.7 Å². The second kappa shape index (κ2) is 4.98. The average Bonchev–Trinajstić information content (AvgIpc) is 2.31. The molecular weight excluding hydrogens is 218 g/mol. The summed E-state index contributed by atoms with van der Waals surface area (Å²) >= 11 is 0. The molecule has 0 saturated heterocycles. The lowest BCUT2D eigenvalue weighted by atomic mass is 10.1. The van der Waals surface area contributed by atoms with Crippen molar-refractivity contribution in [3.05, 3.63) is 27.7 Å². The highest BCUT2D eigenvalue weighted by atomic mass is 16.3. The van der Waals surface area contributed by atoms with E-state index in [-0.39, 0.29) is 11.7 Å². The lowest BCUT2D eigenvalue weighted by molar-refractivity contribution is 0.102. The van der Waals surface area contributed by atoms with E-state index in [1.54, 1.807) is 13.1 Å². The van der Waals surface area contributed by atoms with Gasteiger partial charge in [-0.15, -0.1) is 0 Å². The van der Waals surface area contributed by atoms with Gasteiger partial charge in [-0.1, -0.05) is 6.92 Å².